The third kappa shape index (κ3) is 2.85. The molecule has 1 fully saturated rings. The predicted octanol–water partition coefficient (Wildman–Crippen LogP) is 3.85. The van der Waals surface area contributed by atoms with Crippen molar-refractivity contribution in [2.75, 3.05) is 19.6 Å². The summed E-state index contributed by atoms with van der Waals surface area (Å²) in [6.07, 6.45) is 1.97. The average Bonchev–Trinajstić information content (AvgIpc) is 3.06. The standard InChI is InChI=1S/C16H20ClNO2/c1-11(10-18-6-2-3-7-18)16(19)15-9-12-8-13(17)4-5-14(12)20-15/h4-5,8-9,11,16,19H,2-3,6-7,10H2,1H3/t11-,16?/m1/s1. The van der Waals surface area contributed by atoms with Gasteiger partial charge in [-0.05, 0) is 50.2 Å². The van der Waals surface area contributed by atoms with Crippen molar-refractivity contribution in [3.8, 4) is 0 Å². The minimum absolute atomic E-state index is 0.157. The summed E-state index contributed by atoms with van der Waals surface area (Å²) in [6.45, 7) is 5.28. The lowest BCUT2D eigenvalue weighted by atomic mass is 10.0. The minimum atomic E-state index is -0.568. The number of hydrogen-bond donors (Lipinski definition) is 1. The minimum Gasteiger partial charge on any atom is -0.458 e. The Bertz CT molecular complexity index is 589. The van der Waals surface area contributed by atoms with E-state index in [0.717, 1.165) is 30.6 Å². The fraction of sp³-hybridized carbons (Fsp3) is 0.500. The van der Waals surface area contributed by atoms with Crippen molar-refractivity contribution in [2.45, 2.75) is 25.9 Å². The molecule has 0 amide bonds. The predicted molar refractivity (Wildman–Crippen MR) is 81.0 cm³/mol. The molecule has 20 heavy (non-hydrogen) atoms. The SMILES string of the molecule is C[C@H](CN1CCCC1)C(O)c1cc2cc(Cl)ccc2o1. The number of aliphatic hydroxyl groups is 1. The van der Waals surface area contributed by atoms with Crippen LogP contribution in [-0.4, -0.2) is 29.6 Å². The van der Waals surface area contributed by atoms with Gasteiger partial charge in [-0.3, -0.25) is 0 Å². The molecule has 0 radical (unpaired) electrons. The second kappa shape index (κ2) is 5.76. The number of likely N-dealkylation sites (tertiary alicyclic amines) is 1. The van der Waals surface area contributed by atoms with Gasteiger partial charge in [-0.1, -0.05) is 18.5 Å². The number of fused-ring (bicyclic) bond motifs is 1. The lowest BCUT2D eigenvalue weighted by Gasteiger charge is -2.23. The van der Waals surface area contributed by atoms with E-state index in [1.54, 1.807) is 6.07 Å². The van der Waals surface area contributed by atoms with Crippen molar-refractivity contribution in [1.82, 2.24) is 4.90 Å². The van der Waals surface area contributed by atoms with Crippen molar-refractivity contribution < 1.29 is 9.52 Å². The maximum Gasteiger partial charge on any atom is 0.134 e. The summed E-state index contributed by atoms with van der Waals surface area (Å²) in [6, 6.07) is 7.41. The fourth-order valence-corrected chi connectivity index (χ4v) is 3.11. The molecule has 1 N–H and O–H groups in total. The Morgan fingerprint density at radius 2 is 2.05 bits per heavy atom. The molecule has 3 nitrogen and oxygen atoms in total. The molecule has 1 unspecified atom stereocenters. The molecule has 4 heteroatoms. The summed E-state index contributed by atoms with van der Waals surface area (Å²) < 4.78 is 5.74. The molecule has 2 aromatic rings. The Kier molecular flexibility index (Phi) is 4.01. The monoisotopic (exact) mass is 293 g/mol. The van der Waals surface area contributed by atoms with Crippen LogP contribution in [0.3, 0.4) is 0 Å². The summed E-state index contributed by atoms with van der Waals surface area (Å²) in [4.78, 5) is 2.41. The lowest BCUT2D eigenvalue weighted by Crippen LogP contribution is -2.28. The molecule has 0 aliphatic carbocycles. The van der Waals surface area contributed by atoms with Crippen LogP contribution in [0.1, 0.15) is 31.6 Å². The van der Waals surface area contributed by atoms with Crippen LogP contribution in [0.5, 0.6) is 0 Å². The van der Waals surface area contributed by atoms with Gasteiger partial charge in [0.15, 0.2) is 0 Å². The van der Waals surface area contributed by atoms with E-state index in [0.29, 0.717) is 10.8 Å². The molecule has 108 valence electrons. The van der Waals surface area contributed by atoms with Crippen molar-refractivity contribution in [3.05, 3.63) is 35.0 Å². The van der Waals surface area contributed by atoms with Crippen molar-refractivity contribution in [3.63, 3.8) is 0 Å². The maximum absolute atomic E-state index is 10.5. The first-order valence-electron chi connectivity index (χ1n) is 7.23. The smallest absolute Gasteiger partial charge is 0.134 e. The molecule has 2 atom stereocenters. The van der Waals surface area contributed by atoms with Crippen LogP contribution >= 0.6 is 11.6 Å². The summed E-state index contributed by atoms with van der Waals surface area (Å²) >= 11 is 5.97. The Morgan fingerprint density at radius 1 is 1.30 bits per heavy atom. The normalized spacial score (nSPS) is 19.6. The summed E-state index contributed by atoms with van der Waals surface area (Å²) in [5, 5.41) is 12.1. The molecule has 0 saturated carbocycles. The Balaban J connectivity index is 1.75. The van der Waals surface area contributed by atoms with Gasteiger partial charge in [0.25, 0.3) is 0 Å². The molecule has 1 aliphatic heterocycles. The van der Waals surface area contributed by atoms with E-state index in [2.05, 4.69) is 11.8 Å². The second-order valence-electron chi connectivity index (χ2n) is 5.76. The number of aliphatic hydroxyl groups excluding tert-OH is 1. The molecule has 2 heterocycles. The van der Waals surface area contributed by atoms with Gasteiger partial charge in [-0.15, -0.1) is 0 Å². The first-order valence-corrected chi connectivity index (χ1v) is 7.61. The number of furan rings is 1. The van der Waals surface area contributed by atoms with E-state index in [1.165, 1.54) is 12.8 Å². The maximum atomic E-state index is 10.5. The molecular formula is C16H20ClNO2. The molecule has 0 spiro atoms. The van der Waals surface area contributed by atoms with Gasteiger partial charge >= 0.3 is 0 Å². The quantitative estimate of drug-likeness (QED) is 0.930. The number of rotatable bonds is 4. The average molecular weight is 294 g/mol. The molecular weight excluding hydrogens is 274 g/mol. The topological polar surface area (TPSA) is 36.6 Å². The summed E-state index contributed by atoms with van der Waals surface area (Å²) in [5.41, 5.74) is 0.775. The first-order chi connectivity index (χ1) is 9.63. The number of hydrogen-bond acceptors (Lipinski definition) is 3. The third-order valence-corrected chi connectivity index (χ3v) is 4.31. The van der Waals surface area contributed by atoms with E-state index in [4.69, 9.17) is 16.0 Å². The van der Waals surface area contributed by atoms with Crippen LogP contribution in [0.25, 0.3) is 11.0 Å². The van der Waals surface area contributed by atoms with Gasteiger partial charge in [-0.2, -0.15) is 0 Å². The highest BCUT2D eigenvalue weighted by molar-refractivity contribution is 6.31. The zero-order valence-electron chi connectivity index (χ0n) is 11.7. The van der Waals surface area contributed by atoms with Crippen LogP contribution in [-0.2, 0) is 0 Å². The second-order valence-corrected chi connectivity index (χ2v) is 6.20. The van der Waals surface area contributed by atoms with Crippen molar-refractivity contribution in [1.29, 1.82) is 0 Å². The highest BCUT2D eigenvalue weighted by atomic mass is 35.5. The van der Waals surface area contributed by atoms with Crippen LogP contribution in [0, 0.1) is 5.92 Å². The van der Waals surface area contributed by atoms with Crippen LogP contribution in [0.15, 0.2) is 28.7 Å². The largest absolute Gasteiger partial charge is 0.458 e. The molecule has 1 aromatic carbocycles. The van der Waals surface area contributed by atoms with Crippen LogP contribution in [0.4, 0.5) is 0 Å². The molecule has 0 bridgehead atoms. The highest BCUT2D eigenvalue weighted by Gasteiger charge is 2.24. The van der Waals surface area contributed by atoms with E-state index >= 15 is 0 Å². The lowest BCUT2D eigenvalue weighted by molar-refractivity contribution is 0.0767. The molecule has 1 aliphatic rings. The van der Waals surface area contributed by atoms with Gasteiger partial charge in [0.1, 0.15) is 17.4 Å². The number of halogens is 1. The Hall–Kier alpha value is -1.03. The molecule has 3 rings (SSSR count). The third-order valence-electron chi connectivity index (χ3n) is 4.07. The Labute approximate surface area is 124 Å². The van der Waals surface area contributed by atoms with Gasteiger partial charge in [0, 0.05) is 22.9 Å². The van der Waals surface area contributed by atoms with Crippen LogP contribution in [0.2, 0.25) is 5.02 Å². The molecule has 1 aromatic heterocycles. The van der Waals surface area contributed by atoms with E-state index in [9.17, 15) is 5.11 Å². The van der Waals surface area contributed by atoms with Crippen molar-refractivity contribution >= 4 is 22.6 Å². The van der Waals surface area contributed by atoms with Crippen molar-refractivity contribution in [2.24, 2.45) is 5.92 Å². The van der Waals surface area contributed by atoms with Gasteiger partial charge < -0.3 is 14.4 Å². The van der Waals surface area contributed by atoms with E-state index in [-0.39, 0.29) is 5.92 Å². The Morgan fingerprint density at radius 3 is 2.80 bits per heavy atom. The zero-order valence-corrected chi connectivity index (χ0v) is 12.4. The van der Waals surface area contributed by atoms with E-state index in [1.807, 2.05) is 18.2 Å². The number of nitrogens with zero attached hydrogens (tertiary/aromatic N) is 1. The summed E-state index contributed by atoms with van der Waals surface area (Å²) in [7, 11) is 0. The van der Waals surface area contributed by atoms with Crippen LogP contribution < -0.4 is 0 Å². The highest BCUT2D eigenvalue weighted by Crippen LogP contribution is 2.30. The number of benzene rings is 1. The summed E-state index contributed by atoms with van der Waals surface area (Å²) in [5.74, 6) is 0.790. The molecule has 1 saturated heterocycles. The van der Waals surface area contributed by atoms with Gasteiger partial charge in [-0.25, -0.2) is 0 Å². The van der Waals surface area contributed by atoms with E-state index < -0.39 is 6.10 Å². The first kappa shape index (κ1) is 13.9. The van der Waals surface area contributed by atoms with Gasteiger partial charge in [0.05, 0.1) is 0 Å². The zero-order chi connectivity index (χ0) is 14.1. The fourth-order valence-electron chi connectivity index (χ4n) is 2.93. The van der Waals surface area contributed by atoms with Gasteiger partial charge in [0.2, 0.25) is 0 Å².